The Morgan fingerprint density at radius 1 is 1.44 bits per heavy atom. The average molecular weight is 281 g/mol. The quantitative estimate of drug-likeness (QED) is 0.750. The van der Waals surface area contributed by atoms with Gasteiger partial charge in [-0.25, -0.2) is 4.98 Å². The van der Waals surface area contributed by atoms with Crippen molar-refractivity contribution >= 4 is 32.6 Å². The number of hydrogen-bond donors (Lipinski definition) is 0. The van der Waals surface area contributed by atoms with Gasteiger partial charge in [-0.05, 0) is 28.1 Å². The van der Waals surface area contributed by atoms with E-state index in [-0.39, 0.29) is 17.2 Å². The number of fused-ring (bicyclic) bond motifs is 1. The van der Waals surface area contributed by atoms with Crippen LogP contribution < -0.4 is 5.56 Å². The molecule has 0 saturated carbocycles. The highest BCUT2D eigenvalue weighted by Gasteiger charge is 2.12. The van der Waals surface area contributed by atoms with E-state index in [1.165, 1.54) is 11.5 Å². The van der Waals surface area contributed by atoms with E-state index in [4.69, 9.17) is 0 Å². The number of para-hydroxylation sites is 1. The molecule has 1 aromatic carbocycles. The maximum absolute atomic E-state index is 12.0. The molecule has 0 atom stereocenters. The van der Waals surface area contributed by atoms with Gasteiger partial charge in [0.15, 0.2) is 11.6 Å². The zero-order chi connectivity index (χ0) is 11.9. The molecule has 0 radical (unpaired) electrons. The van der Waals surface area contributed by atoms with Crippen molar-refractivity contribution in [1.82, 2.24) is 9.55 Å². The first-order valence-electron chi connectivity index (χ1n) is 4.68. The van der Waals surface area contributed by atoms with Crippen LogP contribution in [0, 0.1) is 0 Å². The van der Waals surface area contributed by atoms with Gasteiger partial charge in [-0.1, -0.05) is 6.07 Å². The van der Waals surface area contributed by atoms with Gasteiger partial charge in [-0.2, -0.15) is 0 Å². The summed E-state index contributed by atoms with van der Waals surface area (Å²) in [5.41, 5.74) is 0.312. The largest absolute Gasteiger partial charge is 0.293 e. The minimum Gasteiger partial charge on any atom is -0.293 e. The van der Waals surface area contributed by atoms with E-state index in [1.807, 2.05) is 0 Å². The summed E-state index contributed by atoms with van der Waals surface area (Å²) in [5, 5.41) is 0.502. The SMILES string of the molecule is CC(=O)c1nc2c(Br)cccc2c(=O)n1C. The average Bonchev–Trinajstić information content (AvgIpc) is 2.23. The number of aromatic nitrogens is 2. The second kappa shape index (κ2) is 3.83. The normalized spacial score (nSPS) is 10.7. The summed E-state index contributed by atoms with van der Waals surface area (Å²) in [5.74, 6) is -0.0540. The van der Waals surface area contributed by atoms with Gasteiger partial charge in [-0.15, -0.1) is 0 Å². The molecule has 16 heavy (non-hydrogen) atoms. The Kier molecular flexibility index (Phi) is 2.63. The van der Waals surface area contributed by atoms with E-state index in [1.54, 1.807) is 25.2 Å². The smallest absolute Gasteiger partial charge is 0.261 e. The number of nitrogens with zero attached hydrogens (tertiary/aromatic N) is 2. The summed E-state index contributed by atoms with van der Waals surface area (Å²) in [6.45, 7) is 1.39. The van der Waals surface area contributed by atoms with E-state index >= 15 is 0 Å². The van der Waals surface area contributed by atoms with Gasteiger partial charge in [0, 0.05) is 18.4 Å². The third-order valence-corrected chi connectivity index (χ3v) is 3.01. The molecule has 2 rings (SSSR count). The minimum absolute atomic E-state index is 0.171. The van der Waals surface area contributed by atoms with Crippen LogP contribution >= 0.6 is 15.9 Å². The molecule has 0 amide bonds. The van der Waals surface area contributed by atoms with Crippen LogP contribution in [-0.2, 0) is 7.05 Å². The molecule has 0 aliphatic heterocycles. The first-order valence-corrected chi connectivity index (χ1v) is 5.48. The lowest BCUT2D eigenvalue weighted by Crippen LogP contribution is -2.24. The second-order valence-corrected chi connectivity index (χ2v) is 4.35. The van der Waals surface area contributed by atoms with Crippen LogP contribution in [0.5, 0.6) is 0 Å². The third kappa shape index (κ3) is 1.57. The first kappa shape index (κ1) is 11.0. The van der Waals surface area contributed by atoms with Crippen molar-refractivity contribution < 1.29 is 4.79 Å². The van der Waals surface area contributed by atoms with Gasteiger partial charge in [0.2, 0.25) is 0 Å². The molecular weight excluding hydrogens is 272 g/mol. The summed E-state index contributed by atoms with van der Waals surface area (Å²) in [6.07, 6.45) is 0. The summed E-state index contributed by atoms with van der Waals surface area (Å²) < 4.78 is 1.99. The van der Waals surface area contributed by atoms with Crippen molar-refractivity contribution in [2.24, 2.45) is 7.05 Å². The molecule has 0 saturated heterocycles. The van der Waals surface area contributed by atoms with Crippen molar-refractivity contribution in [3.8, 4) is 0 Å². The second-order valence-electron chi connectivity index (χ2n) is 3.49. The molecule has 0 aliphatic rings. The fourth-order valence-electron chi connectivity index (χ4n) is 1.57. The molecule has 0 fully saturated rings. The molecule has 0 spiro atoms. The third-order valence-electron chi connectivity index (χ3n) is 2.37. The van der Waals surface area contributed by atoms with E-state index in [9.17, 15) is 9.59 Å². The highest BCUT2D eigenvalue weighted by atomic mass is 79.9. The molecule has 4 nitrogen and oxygen atoms in total. The Bertz CT molecular complexity index is 646. The van der Waals surface area contributed by atoms with Crippen LogP contribution in [-0.4, -0.2) is 15.3 Å². The number of carbonyl (C=O) groups excluding carboxylic acids is 1. The Morgan fingerprint density at radius 2 is 2.12 bits per heavy atom. The summed E-state index contributed by atoms with van der Waals surface area (Å²) in [7, 11) is 1.55. The van der Waals surface area contributed by atoms with Crippen LogP contribution in [0.25, 0.3) is 10.9 Å². The Labute approximate surface area is 100 Å². The van der Waals surface area contributed by atoms with E-state index < -0.39 is 0 Å². The predicted octanol–water partition coefficient (Wildman–Crippen LogP) is 1.90. The fraction of sp³-hybridized carbons (Fsp3) is 0.182. The lowest BCUT2D eigenvalue weighted by Gasteiger charge is -2.06. The predicted molar refractivity (Wildman–Crippen MR) is 64.7 cm³/mol. The van der Waals surface area contributed by atoms with Gasteiger partial charge < -0.3 is 0 Å². The molecule has 0 unspecified atom stereocenters. The molecule has 0 aliphatic carbocycles. The lowest BCUT2D eigenvalue weighted by molar-refractivity contribution is 0.0999. The number of Topliss-reactive ketones (excluding diaryl/α,β-unsaturated/α-hetero) is 1. The maximum Gasteiger partial charge on any atom is 0.261 e. The topological polar surface area (TPSA) is 52.0 Å². The molecule has 0 N–H and O–H groups in total. The van der Waals surface area contributed by atoms with E-state index in [0.717, 1.165) is 0 Å². The summed E-state index contributed by atoms with van der Waals surface area (Å²) >= 11 is 3.32. The van der Waals surface area contributed by atoms with Crippen molar-refractivity contribution in [3.63, 3.8) is 0 Å². The van der Waals surface area contributed by atoms with E-state index in [2.05, 4.69) is 20.9 Å². The number of rotatable bonds is 1. The highest BCUT2D eigenvalue weighted by molar-refractivity contribution is 9.10. The Hall–Kier alpha value is -1.49. The zero-order valence-corrected chi connectivity index (χ0v) is 10.4. The molecular formula is C11H9BrN2O2. The highest BCUT2D eigenvalue weighted by Crippen LogP contribution is 2.19. The molecule has 1 heterocycles. The molecule has 1 aromatic heterocycles. The van der Waals surface area contributed by atoms with Gasteiger partial charge in [-0.3, -0.25) is 14.2 Å². The van der Waals surface area contributed by atoms with Crippen molar-refractivity contribution in [2.75, 3.05) is 0 Å². The van der Waals surface area contributed by atoms with Crippen molar-refractivity contribution in [1.29, 1.82) is 0 Å². The van der Waals surface area contributed by atoms with E-state index in [0.29, 0.717) is 15.4 Å². The molecule has 5 heteroatoms. The summed E-state index contributed by atoms with van der Waals surface area (Å²) in [4.78, 5) is 27.5. The fourth-order valence-corrected chi connectivity index (χ4v) is 2.03. The van der Waals surface area contributed by atoms with Crippen LogP contribution in [0.3, 0.4) is 0 Å². The Morgan fingerprint density at radius 3 is 2.75 bits per heavy atom. The van der Waals surface area contributed by atoms with Crippen LogP contribution in [0.15, 0.2) is 27.5 Å². The van der Waals surface area contributed by atoms with Gasteiger partial charge >= 0.3 is 0 Å². The first-order chi connectivity index (χ1) is 7.52. The number of halogens is 1. The summed E-state index contributed by atoms with van der Waals surface area (Å²) in [6, 6.07) is 5.25. The number of hydrogen-bond acceptors (Lipinski definition) is 3. The molecule has 82 valence electrons. The van der Waals surface area contributed by atoms with Gasteiger partial charge in [0.1, 0.15) is 0 Å². The Balaban J connectivity index is 3.01. The maximum atomic E-state index is 12.0. The number of ketones is 1. The van der Waals surface area contributed by atoms with Crippen LogP contribution in [0.2, 0.25) is 0 Å². The minimum atomic E-state index is -0.225. The lowest BCUT2D eigenvalue weighted by atomic mass is 10.2. The van der Waals surface area contributed by atoms with Crippen LogP contribution in [0.4, 0.5) is 0 Å². The van der Waals surface area contributed by atoms with Crippen molar-refractivity contribution in [2.45, 2.75) is 6.92 Å². The number of benzene rings is 1. The monoisotopic (exact) mass is 280 g/mol. The van der Waals surface area contributed by atoms with Gasteiger partial charge in [0.25, 0.3) is 5.56 Å². The standard InChI is InChI=1S/C11H9BrN2O2/c1-6(15)10-13-9-7(11(16)14(10)2)4-3-5-8(9)12/h3-5H,1-2H3. The zero-order valence-electron chi connectivity index (χ0n) is 8.82. The van der Waals surface area contributed by atoms with Gasteiger partial charge in [0.05, 0.1) is 10.9 Å². The van der Waals surface area contributed by atoms with Crippen LogP contribution in [0.1, 0.15) is 17.5 Å². The molecule has 0 bridgehead atoms. The number of carbonyl (C=O) groups is 1. The molecule has 2 aromatic rings. The van der Waals surface area contributed by atoms with Crippen molar-refractivity contribution in [3.05, 3.63) is 38.9 Å².